The van der Waals surface area contributed by atoms with E-state index in [9.17, 15) is 9.59 Å². The van der Waals surface area contributed by atoms with E-state index in [2.05, 4.69) is 0 Å². The van der Waals surface area contributed by atoms with Crippen LogP contribution >= 0.6 is 0 Å². The number of fused-ring (bicyclic) bond motifs is 1. The van der Waals surface area contributed by atoms with E-state index >= 15 is 0 Å². The van der Waals surface area contributed by atoms with Crippen molar-refractivity contribution < 1.29 is 47.5 Å². The molecule has 4 aromatic carbocycles. The molecule has 1 atom stereocenters. The van der Waals surface area contributed by atoms with Gasteiger partial charge >= 0.3 is 17.7 Å². The number of carbonyl (C=O) groups is 2. The van der Waals surface area contributed by atoms with Crippen molar-refractivity contribution in [2.24, 2.45) is 0 Å². The van der Waals surface area contributed by atoms with E-state index in [0.29, 0.717) is 63.2 Å². The molecule has 47 heavy (non-hydrogen) atoms. The van der Waals surface area contributed by atoms with Crippen LogP contribution in [0, 0.1) is 0 Å². The Labute approximate surface area is 272 Å². The highest BCUT2D eigenvalue weighted by Crippen LogP contribution is 2.50. The highest BCUT2D eigenvalue weighted by atomic mass is 16.7. The highest BCUT2D eigenvalue weighted by Gasteiger charge is 2.53. The number of carbonyl (C=O) groups excluding carboxylic acids is 2. The van der Waals surface area contributed by atoms with Gasteiger partial charge in [-0.2, -0.15) is 0 Å². The zero-order chi connectivity index (χ0) is 33.0. The Balaban J connectivity index is 1.52. The van der Waals surface area contributed by atoms with Gasteiger partial charge in [-0.05, 0) is 71.6 Å². The number of cyclic esters (lactones) is 1. The van der Waals surface area contributed by atoms with Gasteiger partial charge in [0.15, 0.2) is 23.0 Å². The summed E-state index contributed by atoms with van der Waals surface area (Å²) in [5.74, 6) is -0.254. The summed E-state index contributed by atoms with van der Waals surface area (Å²) in [5.41, 5.74) is 3.22. The van der Waals surface area contributed by atoms with E-state index in [1.165, 1.54) is 21.3 Å². The SMILES string of the molecule is COc1ccc(C2(OC(=O)CCc3ccccc3)OC(=O)C(c3ccc4c(c3)OCO4)=C2Cc2cc(OC)c(OC)c(OC)c2)cc1. The van der Waals surface area contributed by atoms with Gasteiger partial charge in [-0.3, -0.25) is 4.79 Å². The van der Waals surface area contributed by atoms with Gasteiger partial charge in [-0.15, -0.1) is 0 Å². The highest BCUT2D eigenvalue weighted by molar-refractivity contribution is 6.20. The van der Waals surface area contributed by atoms with E-state index in [1.54, 1.807) is 61.7 Å². The Kier molecular flexibility index (Phi) is 8.92. The van der Waals surface area contributed by atoms with Crippen LogP contribution in [0.4, 0.5) is 0 Å². The number of benzene rings is 4. The molecule has 4 aromatic rings. The smallest absolute Gasteiger partial charge is 0.342 e. The van der Waals surface area contributed by atoms with Crippen molar-refractivity contribution in [2.45, 2.75) is 25.0 Å². The molecular formula is C37H34O10. The molecule has 0 saturated heterocycles. The number of esters is 2. The maximum Gasteiger partial charge on any atom is 0.342 e. The molecular weight excluding hydrogens is 604 g/mol. The van der Waals surface area contributed by atoms with Crippen LogP contribution in [0.3, 0.4) is 0 Å². The van der Waals surface area contributed by atoms with Crippen LogP contribution in [0.2, 0.25) is 0 Å². The van der Waals surface area contributed by atoms with Gasteiger partial charge < -0.3 is 37.9 Å². The van der Waals surface area contributed by atoms with Crippen LogP contribution in [-0.4, -0.2) is 47.2 Å². The second-order valence-corrected chi connectivity index (χ2v) is 10.8. The summed E-state index contributed by atoms with van der Waals surface area (Å²) >= 11 is 0. The quantitative estimate of drug-likeness (QED) is 0.171. The first-order valence-corrected chi connectivity index (χ1v) is 14.9. The molecule has 2 aliphatic heterocycles. The van der Waals surface area contributed by atoms with Crippen molar-refractivity contribution >= 4 is 17.5 Å². The minimum absolute atomic E-state index is 0.0519. The van der Waals surface area contributed by atoms with E-state index in [1.807, 2.05) is 30.3 Å². The maximum absolute atomic E-state index is 14.1. The third-order valence-electron chi connectivity index (χ3n) is 8.09. The van der Waals surface area contributed by atoms with Gasteiger partial charge in [0, 0.05) is 24.0 Å². The first-order chi connectivity index (χ1) is 22.9. The summed E-state index contributed by atoms with van der Waals surface area (Å²) in [5, 5.41) is 0. The number of hydrogen-bond acceptors (Lipinski definition) is 10. The normalized spacial score (nSPS) is 16.5. The molecule has 0 radical (unpaired) electrons. The number of hydrogen-bond donors (Lipinski definition) is 0. The predicted octanol–water partition coefficient (Wildman–Crippen LogP) is 6.03. The molecule has 2 heterocycles. The molecule has 242 valence electrons. The summed E-state index contributed by atoms with van der Waals surface area (Å²) in [6.45, 7) is 0.0649. The van der Waals surface area contributed by atoms with Gasteiger partial charge in [0.1, 0.15) is 5.75 Å². The third kappa shape index (κ3) is 6.14. The Bertz CT molecular complexity index is 1790. The van der Waals surface area contributed by atoms with Crippen molar-refractivity contribution in [3.8, 4) is 34.5 Å². The Hall–Kier alpha value is -5.64. The lowest BCUT2D eigenvalue weighted by Crippen LogP contribution is -2.36. The van der Waals surface area contributed by atoms with Crippen molar-refractivity contribution in [2.75, 3.05) is 35.2 Å². The molecule has 6 rings (SSSR count). The monoisotopic (exact) mass is 638 g/mol. The maximum atomic E-state index is 14.1. The minimum atomic E-state index is -1.91. The summed E-state index contributed by atoms with van der Waals surface area (Å²) in [6.07, 6.45) is 0.591. The van der Waals surface area contributed by atoms with Gasteiger partial charge in [-0.1, -0.05) is 36.4 Å². The first-order valence-electron chi connectivity index (χ1n) is 14.9. The van der Waals surface area contributed by atoms with Crippen LogP contribution in [-0.2, 0) is 37.7 Å². The molecule has 0 aromatic heterocycles. The second kappa shape index (κ2) is 13.4. The van der Waals surface area contributed by atoms with E-state index < -0.39 is 17.7 Å². The number of methoxy groups -OCH3 is 4. The summed E-state index contributed by atoms with van der Waals surface area (Å²) in [7, 11) is 6.12. The lowest BCUT2D eigenvalue weighted by atomic mass is 9.87. The van der Waals surface area contributed by atoms with Gasteiger partial charge in [0.25, 0.3) is 0 Å². The molecule has 0 amide bonds. The molecule has 2 aliphatic rings. The van der Waals surface area contributed by atoms with Crippen LogP contribution < -0.4 is 28.4 Å². The Morgan fingerprint density at radius 3 is 2.13 bits per heavy atom. The average Bonchev–Trinajstić information content (AvgIpc) is 3.68. The summed E-state index contributed by atoms with van der Waals surface area (Å²) in [6, 6.07) is 25.3. The predicted molar refractivity (Wildman–Crippen MR) is 171 cm³/mol. The van der Waals surface area contributed by atoms with Gasteiger partial charge in [0.05, 0.1) is 34.0 Å². The fourth-order valence-corrected chi connectivity index (χ4v) is 5.81. The summed E-state index contributed by atoms with van der Waals surface area (Å²) in [4.78, 5) is 27.8. The largest absolute Gasteiger partial charge is 0.497 e. The molecule has 0 bridgehead atoms. The van der Waals surface area contributed by atoms with Crippen LogP contribution in [0.25, 0.3) is 5.57 Å². The zero-order valence-electron chi connectivity index (χ0n) is 26.5. The Morgan fingerprint density at radius 1 is 0.766 bits per heavy atom. The molecule has 0 saturated carbocycles. The number of aryl methyl sites for hydroxylation is 1. The number of rotatable bonds is 12. The third-order valence-corrected chi connectivity index (χ3v) is 8.09. The number of ether oxygens (including phenoxy) is 8. The molecule has 0 N–H and O–H groups in total. The minimum Gasteiger partial charge on any atom is -0.497 e. The van der Waals surface area contributed by atoms with Crippen LogP contribution in [0.1, 0.15) is 28.7 Å². The molecule has 0 aliphatic carbocycles. The average molecular weight is 639 g/mol. The van der Waals surface area contributed by atoms with Crippen LogP contribution in [0.5, 0.6) is 34.5 Å². The van der Waals surface area contributed by atoms with Crippen molar-refractivity contribution in [1.82, 2.24) is 0 Å². The van der Waals surface area contributed by atoms with Crippen LogP contribution in [0.15, 0.2) is 90.5 Å². The van der Waals surface area contributed by atoms with Crippen molar-refractivity contribution in [3.63, 3.8) is 0 Å². The fourth-order valence-electron chi connectivity index (χ4n) is 5.81. The standard InChI is InChI=1S/C37H34O10/c1-40-27-14-12-26(13-15-27)37(46-33(38)17-10-23-8-6-5-7-9-23)28(18-24-19-31(41-2)35(43-4)32(20-24)42-3)34(36(39)47-37)25-11-16-29-30(21-25)45-22-44-29/h5-9,11-16,19-21H,10,17-18,22H2,1-4H3. The lowest BCUT2D eigenvalue weighted by Gasteiger charge is -2.31. The first kappa shape index (κ1) is 31.3. The van der Waals surface area contributed by atoms with Crippen molar-refractivity contribution in [1.29, 1.82) is 0 Å². The van der Waals surface area contributed by atoms with Crippen molar-refractivity contribution in [3.05, 3.63) is 113 Å². The molecule has 10 nitrogen and oxygen atoms in total. The molecule has 0 spiro atoms. The summed E-state index contributed by atoms with van der Waals surface area (Å²) < 4.78 is 45.8. The van der Waals surface area contributed by atoms with E-state index in [-0.39, 0.29) is 25.2 Å². The van der Waals surface area contributed by atoms with E-state index in [4.69, 9.17) is 37.9 Å². The van der Waals surface area contributed by atoms with Gasteiger partial charge in [-0.25, -0.2) is 4.79 Å². The lowest BCUT2D eigenvalue weighted by molar-refractivity contribution is -0.211. The molecule has 1 unspecified atom stereocenters. The Morgan fingerprint density at radius 2 is 1.47 bits per heavy atom. The van der Waals surface area contributed by atoms with Gasteiger partial charge in [0.2, 0.25) is 12.5 Å². The fraction of sp³-hybridized carbons (Fsp3) is 0.243. The topological polar surface area (TPSA) is 108 Å². The zero-order valence-corrected chi connectivity index (χ0v) is 26.5. The van der Waals surface area contributed by atoms with E-state index in [0.717, 1.165) is 5.56 Å². The molecule has 0 fully saturated rings. The second-order valence-electron chi connectivity index (χ2n) is 10.8. The molecule has 10 heteroatoms.